The highest BCUT2D eigenvalue weighted by atomic mass is 32.2. The summed E-state index contributed by atoms with van der Waals surface area (Å²) in [5, 5.41) is 16.7. The van der Waals surface area contributed by atoms with E-state index in [1.807, 2.05) is 0 Å². The summed E-state index contributed by atoms with van der Waals surface area (Å²) in [6.45, 7) is 1.38. The van der Waals surface area contributed by atoms with Crippen molar-refractivity contribution in [3.8, 4) is 0 Å². The molecule has 0 fully saturated rings. The topological polar surface area (TPSA) is 118 Å². The zero-order valence-corrected chi connectivity index (χ0v) is 13.8. The average Bonchev–Trinajstić information content (AvgIpc) is 2.47. The third-order valence-electron chi connectivity index (χ3n) is 3.07. The number of hydrogen-bond acceptors (Lipinski definition) is 6. The highest BCUT2D eigenvalue weighted by Gasteiger charge is 2.26. The van der Waals surface area contributed by atoms with Crippen molar-refractivity contribution < 1.29 is 18.1 Å². The minimum absolute atomic E-state index is 0.0650. The standard InChI is InChI=1S/C15H15N3O5S/c1-10(19)16-11-6-8-12(9-7-11)17-13-4-3-5-14(24(2,22)23)15(13)18(20)21/h3-9,17H,1-2H3,(H,16,19). The lowest BCUT2D eigenvalue weighted by Crippen LogP contribution is -2.06. The van der Waals surface area contributed by atoms with Gasteiger partial charge in [0.25, 0.3) is 0 Å². The summed E-state index contributed by atoms with van der Waals surface area (Å²) in [4.78, 5) is 21.2. The van der Waals surface area contributed by atoms with E-state index >= 15 is 0 Å². The minimum atomic E-state index is -3.74. The first-order valence-corrected chi connectivity index (χ1v) is 8.70. The molecule has 0 aliphatic heterocycles. The van der Waals surface area contributed by atoms with Crippen LogP contribution in [-0.4, -0.2) is 25.5 Å². The molecule has 2 N–H and O–H groups in total. The Kier molecular flexibility index (Phi) is 4.84. The number of anilines is 3. The molecule has 9 heteroatoms. The Labute approximate surface area is 138 Å². The van der Waals surface area contributed by atoms with Crippen LogP contribution in [0, 0.1) is 10.1 Å². The predicted molar refractivity (Wildman–Crippen MR) is 90.2 cm³/mol. The molecule has 2 rings (SSSR count). The number of para-hydroxylation sites is 1. The number of nitrogens with one attached hydrogen (secondary N) is 2. The first-order valence-electron chi connectivity index (χ1n) is 6.80. The Morgan fingerprint density at radius 2 is 1.67 bits per heavy atom. The van der Waals surface area contributed by atoms with E-state index in [1.165, 1.54) is 25.1 Å². The van der Waals surface area contributed by atoms with Gasteiger partial charge in [0.15, 0.2) is 9.84 Å². The minimum Gasteiger partial charge on any atom is -0.350 e. The molecule has 0 bridgehead atoms. The van der Waals surface area contributed by atoms with Gasteiger partial charge >= 0.3 is 5.69 Å². The molecule has 8 nitrogen and oxygen atoms in total. The van der Waals surface area contributed by atoms with Crippen molar-refractivity contribution >= 4 is 38.5 Å². The van der Waals surface area contributed by atoms with Crippen molar-refractivity contribution in [1.29, 1.82) is 0 Å². The van der Waals surface area contributed by atoms with Crippen LogP contribution in [0.5, 0.6) is 0 Å². The van der Waals surface area contributed by atoms with Gasteiger partial charge in [0.05, 0.1) is 4.92 Å². The van der Waals surface area contributed by atoms with E-state index in [4.69, 9.17) is 0 Å². The van der Waals surface area contributed by atoms with Crippen LogP contribution >= 0.6 is 0 Å². The molecule has 0 aromatic heterocycles. The third-order valence-corrected chi connectivity index (χ3v) is 4.19. The van der Waals surface area contributed by atoms with Crippen LogP contribution in [0.25, 0.3) is 0 Å². The molecule has 0 heterocycles. The van der Waals surface area contributed by atoms with E-state index in [2.05, 4.69) is 10.6 Å². The van der Waals surface area contributed by atoms with E-state index in [9.17, 15) is 23.3 Å². The Morgan fingerprint density at radius 3 is 2.17 bits per heavy atom. The quantitative estimate of drug-likeness (QED) is 0.633. The lowest BCUT2D eigenvalue weighted by Gasteiger charge is -2.10. The van der Waals surface area contributed by atoms with Crippen molar-refractivity contribution in [3.63, 3.8) is 0 Å². The Bertz CT molecular complexity index is 892. The highest BCUT2D eigenvalue weighted by molar-refractivity contribution is 7.90. The number of nitrogens with zero attached hydrogens (tertiary/aromatic N) is 1. The molecule has 2 aromatic carbocycles. The molecule has 0 unspecified atom stereocenters. The summed E-state index contributed by atoms with van der Waals surface area (Å²) < 4.78 is 23.5. The zero-order valence-electron chi connectivity index (χ0n) is 12.9. The normalized spacial score (nSPS) is 10.9. The van der Waals surface area contributed by atoms with Crippen molar-refractivity contribution in [1.82, 2.24) is 0 Å². The fourth-order valence-corrected chi connectivity index (χ4v) is 2.97. The van der Waals surface area contributed by atoms with Crippen molar-refractivity contribution in [3.05, 3.63) is 52.6 Å². The Hall–Kier alpha value is -2.94. The fourth-order valence-electron chi connectivity index (χ4n) is 2.11. The predicted octanol–water partition coefficient (Wildman–Crippen LogP) is 2.70. The van der Waals surface area contributed by atoms with Crippen molar-refractivity contribution in [2.24, 2.45) is 0 Å². The van der Waals surface area contributed by atoms with Gasteiger partial charge in [0.1, 0.15) is 10.6 Å². The molecule has 2 aromatic rings. The van der Waals surface area contributed by atoms with Gasteiger partial charge in [-0.2, -0.15) is 0 Å². The monoisotopic (exact) mass is 349 g/mol. The van der Waals surface area contributed by atoms with E-state index in [1.54, 1.807) is 24.3 Å². The smallest absolute Gasteiger partial charge is 0.311 e. The number of amides is 1. The number of sulfone groups is 1. The van der Waals surface area contributed by atoms with Crippen LogP contribution in [0.15, 0.2) is 47.4 Å². The van der Waals surface area contributed by atoms with Gasteiger partial charge in [-0.15, -0.1) is 0 Å². The molecule has 0 spiro atoms. The van der Waals surface area contributed by atoms with Gasteiger partial charge in [0.2, 0.25) is 5.91 Å². The Morgan fingerprint density at radius 1 is 1.08 bits per heavy atom. The van der Waals surface area contributed by atoms with Crippen LogP contribution < -0.4 is 10.6 Å². The number of benzene rings is 2. The SMILES string of the molecule is CC(=O)Nc1ccc(Nc2cccc(S(C)(=O)=O)c2[N+](=O)[O-])cc1. The van der Waals surface area contributed by atoms with Gasteiger partial charge in [-0.3, -0.25) is 14.9 Å². The molecule has 24 heavy (non-hydrogen) atoms. The molecular formula is C15H15N3O5S. The summed E-state index contributed by atoms with van der Waals surface area (Å²) in [6, 6.07) is 10.5. The van der Waals surface area contributed by atoms with E-state index in [-0.39, 0.29) is 16.5 Å². The van der Waals surface area contributed by atoms with Gasteiger partial charge in [-0.25, -0.2) is 8.42 Å². The second-order valence-electron chi connectivity index (χ2n) is 5.07. The van der Waals surface area contributed by atoms with Gasteiger partial charge in [-0.1, -0.05) is 6.07 Å². The van der Waals surface area contributed by atoms with E-state index < -0.39 is 20.4 Å². The van der Waals surface area contributed by atoms with E-state index in [0.717, 1.165) is 6.26 Å². The number of carbonyl (C=O) groups excluding carboxylic acids is 1. The summed E-state index contributed by atoms with van der Waals surface area (Å²) in [7, 11) is -3.74. The molecule has 0 aliphatic carbocycles. The molecule has 0 saturated heterocycles. The average molecular weight is 349 g/mol. The van der Waals surface area contributed by atoms with Gasteiger partial charge < -0.3 is 10.6 Å². The van der Waals surface area contributed by atoms with Crippen LogP contribution in [-0.2, 0) is 14.6 Å². The van der Waals surface area contributed by atoms with Gasteiger partial charge in [-0.05, 0) is 36.4 Å². The molecule has 0 saturated carbocycles. The first kappa shape index (κ1) is 17.4. The fraction of sp³-hybridized carbons (Fsp3) is 0.133. The van der Waals surface area contributed by atoms with Crippen LogP contribution in [0.1, 0.15) is 6.92 Å². The summed E-state index contributed by atoms with van der Waals surface area (Å²) >= 11 is 0. The number of hydrogen-bond donors (Lipinski definition) is 2. The molecule has 0 radical (unpaired) electrons. The number of nitro benzene ring substituents is 1. The number of carbonyl (C=O) groups is 1. The molecule has 0 atom stereocenters. The number of nitro groups is 1. The second-order valence-corrected chi connectivity index (χ2v) is 7.05. The third kappa shape index (κ3) is 4.07. The van der Waals surface area contributed by atoms with Crippen LogP contribution in [0.2, 0.25) is 0 Å². The van der Waals surface area contributed by atoms with Crippen molar-refractivity contribution in [2.75, 3.05) is 16.9 Å². The molecule has 1 amide bonds. The zero-order chi connectivity index (χ0) is 17.9. The maximum Gasteiger partial charge on any atom is 0.311 e. The maximum atomic E-state index is 11.7. The maximum absolute atomic E-state index is 11.7. The highest BCUT2D eigenvalue weighted by Crippen LogP contribution is 2.34. The summed E-state index contributed by atoms with van der Waals surface area (Å²) in [5.74, 6) is -0.216. The lowest BCUT2D eigenvalue weighted by atomic mass is 10.2. The largest absolute Gasteiger partial charge is 0.350 e. The van der Waals surface area contributed by atoms with Crippen LogP contribution in [0.3, 0.4) is 0 Å². The molecular weight excluding hydrogens is 334 g/mol. The number of rotatable bonds is 5. The Balaban J connectivity index is 2.39. The van der Waals surface area contributed by atoms with Crippen molar-refractivity contribution in [2.45, 2.75) is 11.8 Å². The lowest BCUT2D eigenvalue weighted by molar-refractivity contribution is -0.386. The summed E-state index contributed by atoms with van der Waals surface area (Å²) in [6.07, 6.45) is 0.918. The van der Waals surface area contributed by atoms with E-state index in [0.29, 0.717) is 11.4 Å². The molecule has 126 valence electrons. The second kappa shape index (κ2) is 6.67. The van der Waals surface area contributed by atoms with Crippen LogP contribution in [0.4, 0.5) is 22.7 Å². The molecule has 0 aliphatic rings. The summed E-state index contributed by atoms with van der Waals surface area (Å²) in [5.41, 5.74) is 0.645. The first-order chi connectivity index (χ1) is 11.2. The van der Waals surface area contributed by atoms with Gasteiger partial charge in [0, 0.05) is 24.6 Å².